The quantitative estimate of drug-likeness (QED) is 0.871. The van der Waals surface area contributed by atoms with Crippen molar-refractivity contribution < 1.29 is 9.53 Å². The number of hydrogen-bond acceptors (Lipinski definition) is 7. The summed E-state index contributed by atoms with van der Waals surface area (Å²) in [7, 11) is 0. The first-order valence-electron chi connectivity index (χ1n) is 8.34. The van der Waals surface area contributed by atoms with E-state index in [1.54, 1.807) is 16.7 Å². The highest BCUT2D eigenvalue weighted by molar-refractivity contribution is 7.15. The van der Waals surface area contributed by atoms with Crippen molar-refractivity contribution in [3.63, 3.8) is 0 Å². The molecule has 24 heavy (non-hydrogen) atoms. The molecule has 1 amide bonds. The van der Waals surface area contributed by atoms with E-state index in [1.807, 2.05) is 6.20 Å². The van der Waals surface area contributed by atoms with Crippen molar-refractivity contribution in [1.82, 2.24) is 15.3 Å². The Balaban J connectivity index is 1.39. The van der Waals surface area contributed by atoms with E-state index in [1.165, 1.54) is 16.2 Å². The van der Waals surface area contributed by atoms with Crippen molar-refractivity contribution in [1.29, 1.82) is 0 Å². The van der Waals surface area contributed by atoms with Crippen LogP contribution in [0.3, 0.4) is 0 Å². The molecule has 0 spiro atoms. The van der Waals surface area contributed by atoms with Gasteiger partial charge in [-0.05, 0) is 44.7 Å². The van der Waals surface area contributed by atoms with Gasteiger partial charge in [-0.1, -0.05) is 0 Å². The van der Waals surface area contributed by atoms with Gasteiger partial charge in [0.2, 0.25) is 0 Å². The molecular formula is C16H20N4O2S2. The van der Waals surface area contributed by atoms with E-state index < -0.39 is 0 Å². The number of ether oxygens (including phenoxy) is 1. The lowest BCUT2D eigenvalue weighted by Crippen LogP contribution is -2.26. The maximum atomic E-state index is 12.4. The number of amides is 1. The summed E-state index contributed by atoms with van der Waals surface area (Å²) in [5, 5.41) is 9.59. The van der Waals surface area contributed by atoms with Crippen LogP contribution in [0, 0.1) is 0 Å². The van der Waals surface area contributed by atoms with Crippen molar-refractivity contribution in [3.8, 4) is 0 Å². The van der Waals surface area contributed by atoms with Crippen molar-refractivity contribution in [2.24, 2.45) is 0 Å². The highest BCUT2D eigenvalue weighted by Gasteiger charge is 2.23. The highest BCUT2D eigenvalue weighted by Crippen LogP contribution is 2.33. The Kier molecular flexibility index (Phi) is 4.88. The summed E-state index contributed by atoms with van der Waals surface area (Å²) in [6, 6.07) is 0. The molecule has 2 aromatic heterocycles. The number of rotatable bonds is 4. The molecule has 2 aromatic rings. The summed E-state index contributed by atoms with van der Waals surface area (Å²) >= 11 is 3.07. The second-order valence-corrected chi connectivity index (χ2v) is 8.07. The molecule has 2 fully saturated rings. The number of hydrogen-bond donors (Lipinski definition) is 2. The lowest BCUT2D eigenvalue weighted by molar-refractivity contribution is 0.101. The highest BCUT2D eigenvalue weighted by atomic mass is 32.1. The van der Waals surface area contributed by atoms with Crippen LogP contribution in [0.2, 0.25) is 0 Å². The summed E-state index contributed by atoms with van der Waals surface area (Å²) in [6.07, 6.45) is 6.27. The Morgan fingerprint density at radius 1 is 1.33 bits per heavy atom. The van der Waals surface area contributed by atoms with E-state index in [9.17, 15) is 4.79 Å². The van der Waals surface area contributed by atoms with Crippen LogP contribution in [0.25, 0.3) is 0 Å². The minimum atomic E-state index is -0.193. The van der Waals surface area contributed by atoms with Gasteiger partial charge < -0.3 is 10.1 Å². The first-order valence-corrected chi connectivity index (χ1v) is 10.0. The number of piperidine rings is 1. The van der Waals surface area contributed by atoms with Gasteiger partial charge in [-0.2, -0.15) is 0 Å². The second-order valence-electron chi connectivity index (χ2n) is 6.12. The average Bonchev–Trinajstić information content (AvgIpc) is 3.36. The second kappa shape index (κ2) is 7.26. The summed E-state index contributed by atoms with van der Waals surface area (Å²) in [5.41, 5.74) is 0.448. The molecule has 8 heteroatoms. The van der Waals surface area contributed by atoms with E-state index in [2.05, 4.69) is 20.6 Å². The minimum Gasteiger partial charge on any atom is -0.371 e. The third-order valence-electron chi connectivity index (χ3n) is 4.45. The summed E-state index contributed by atoms with van der Waals surface area (Å²) in [4.78, 5) is 22.4. The van der Waals surface area contributed by atoms with Gasteiger partial charge in [0, 0.05) is 23.1 Å². The molecule has 0 aliphatic carbocycles. The lowest BCUT2D eigenvalue weighted by atomic mass is 9.97. The molecule has 4 heterocycles. The molecular weight excluding hydrogens is 344 g/mol. The predicted molar refractivity (Wildman–Crippen MR) is 95.0 cm³/mol. The molecule has 0 aromatic carbocycles. The zero-order chi connectivity index (χ0) is 16.4. The van der Waals surface area contributed by atoms with Gasteiger partial charge in [-0.3, -0.25) is 10.1 Å². The van der Waals surface area contributed by atoms with Crippen LogP contribution in [0.5, 0.6) is 0 Å². The predicted octanol–water partition coefficient (Wildman–Crippen LogP) is 3.17. The van der Waals surface area contributed by atoms with Crippen molar-refractivity contribution >= 4 is 33.7 Å². The Labute approximate surface area is 148 Å². The SMILES string of the molecule is O=C(Nc1ncc(C2CCNCC2)s1)c1csc(C2CCCO2)n1. The van der Waals surface area contributed by atoms with Gasteiger partial charge in [-0.25, -0.2) is 9.97 Å². The number of aromatic nitrogens is 2. The van der Waals surface area contributed by atoms with Gasteiger partial charge in [0.1, 0.15) is 16.8 Å². The zero-order valence-corrected chi connectivity index (χ0v) is 14.9. The van der Waals surface area contributed by atoms with E-state index in [-0.39, 0.29) is 12.0 Å². The van der Waals surface area contributed by atoms with Crippen molar-refractivity contribution in [2.75, 3.05) is 25.0 Å². The lowest BCUT2D eigenvalue weighted by Gasteiger charge is -2.20. The Bertz CT molecular complexity index is 703. The van der Waals surface area contributed by atoms with Crippen molar-refractivity contribution in [3.05, 3.63) is 27.2 Å². The number of nitrogens with one attached hydrogen (secondary N) is 2. The smallest absolute Gasteiger partial charge is 0.276 e. The minimum absolute atomic E-state index is 0.0583. The zero-order valence-electron chi connectivity index (χ0n) is 13.3. The first-order chi connectivity index (χ1) is 11.8. The van der Waals surface area contributed by atoms with E-state index in [0.717, 1.165) is 50.4 Å². The number of anilines is 1. The number of nitrogens with zero attached hydrogens (tertiary/aromatic N) is 2. The van der Waals surface area contributed by atoms with E-state index in [4.69, 9.17) is 4.74 Å². The maximum absolute atomic E-state index is 12.4. The van der Waals surface area contributed by atoms with Gasteiger partial charge in [0.05, 0.1) is 0 Å². The fraction of sp³-hybridized carbons (Fsp3) is 0.562. The third kappa shape index (κ3) is 3.51. The van der Waals surface area contributed by atoms with Gasteiger partial charge in [0.15, 0.2) is 5.13 Å². The molecule has 2 aliphatic heterocycles. The molecule has 4 rings (SSSR count). The van der Waals surface area contributed by atoms with Gasteiger partial charge >= 0.3 is 0 Å². The fourth-order valence-electron chi connectivity index (χ4n) is 3.11. The van der Waals surface area contributed by atoms with Crippen LogP contribution in [-0.4, -0.2) is 35.6 Å². The molecule has 0 bridgehead atoms. The van der Waals surface area contributed by atoms with Crippen LogP contribution >= 0.6 is 22.7 Å². The summed E-state index contributed by atoms with van der Waals surface area (Å²) in [6.45, 7) is 2.88. The molecule has 128 valence electrons. The van der Waals surface area contributed by atoms with Crippen LogP contribution in [-0.2, 0) is 4.74 Å². The standard InChI is InChI=1S/C16H20N4O2S2/c21-14(11-9-23-15(19-11)12-2-1-7-22-12)20-16-18-8-13(24-16)10-3-5-17-6-4-10/h8-10,12,17H,1-7H2,(H,18,20,21). The topological polar surface area (TPSA) is 76.1 Å². The Morgan fingerprint density at radius 2 is 2.21 bits per heavy atom. The van der Waals surface area contributed by atoms with E-state index >= 15 is 0 Å². The first kappa shape index (κ1) is 16.1. The average molecular weight is 364 g/mol. The molecule has 0 saturated carbocycles. The molecule has 2 aliphatic rings. The van der Waals surface area contributed by atoms with Crippen LogP contribution in [0.4, 0.5) is 5.13 Å². The molecule has 2 saturated heterocycles. The van der Waals surface area contributed by atoms with Crippen molar-refractivity contribution in [2.45, 2.75) is 37.7 Å². The summed E-state index contributed by atoms with van der Waals surface area (Å²) in [5.74, 6) is 0.363. The maximum Gasteiger partial charge on any atom is 0.276 e. The fourth-order valence-corrected chi connectivity index (χ4v) is 4.97. The summed E-state index contributed by atoms with van der Waals surface area (Å²) < 4.78 is 5.62. The molecule has 1 atom stereocenters. The number of carbonyl (C=O) groups excluding carboxylic acids is 1. The van der Waals surface area contributed by atoms with Gasteiger partial charge in [-0.15, -0.1) is 22.7 Å². The van der Waals surface area contributed by atoms with Crippen LogP contribution < -0.4 is 10.6 Å². The van der Waals surface area contributed by atoms with E-state index in [0.29, 0.717) is 16.7 Å². The Morgan fingerprint density at radius 3 is 3.00 bits per heavy atom. The number of thiazole rings is 2. The molecule has 0 radical (unpaired) electrons. The third-order valence-corrected chi connectivity index (χ3v) is 6.46. The van der Waals surface area contributed by atoms with Crippen LogP contribution in [0.15, 0.2) is 11.6 Å². The number of carbonyl (C=O) groups is 1. The molecule has 6 nitrogen and oxygen atoms in total. The normalized spacial score (nSPS) is 21.9. The van der Waals surface area contributed by atoms with Gasteiger partial charge in [0.25, 0.3) is 5.91 Å². The molecule has 2 N–H and O–H groups in total. The molecule has 1 unspecified atom stereocenters. The monoisotopic (exact) mass is 364 g/mol. The Hall–Kier alpha value is -1.35. The van der Waals surface area contributed by atoms with Crippen LogP contribution in [0.1, 0.15) is 58.1 Å². The largest absolute Gasteiger partial charge is 0.371 e.